The normalized spacial score (nSPS) is 14.4. The average molecular weight is 274 g/mol. The zero-order valence-corrected chi connectivity index (χ0v) is 11.3. The van der Waals surface area contributed by atoms with Crippen LogP contribution in [0.4, 0.5) is 10.8 Å². The van der Waals surface area contributed by atoms with Crippen LogP contribution in [-0.2, 0) is 0 Å². The van der Waals surface area contributed by atoms with Crippen LogP contribution < -0.4 is 5.32 Å². The first kappa shape index (κ1) is 12.2. The van der Waals surface area contributed by atoms with Crippen molar-refractivity contribution < 1.29 is 9.90 Å². The minimum absolute atomic E-state index is 0.336. The lowest BCUT2D eigenvalue weighted by Gasteiger charge is -2.06. The SMILES string of the molecule is Cc1cc(Nc2nc(C3CC3)cs2)ccc1C(=O)O. The molecule has 0 amide bonds. The summed E-state index contributed by atoms with van der Waals surface area (Å²) in [4.78, 5) is 15.5. The number of carboxylic acids is 1. The third-order valence-corrected chi connectivity index (χ3v) is 4.00. The van der Waals surface area contributed by atoms with E-state index in [1.165, 1.54) is 18.5 Å². The smallest absolute Gasteiger partial charge is 0.335 e. The Morgan fingerprint density at radius 2 is 2.26 bits per heavy atom. The molecule has 98 valence electrons. The van der Waals surface area contributed by atoms with Crippen LogP contribution in [0.2, 0.25) is 0 Å². The van der Waals surface area contributed by atoms with Crippen molar-refractivity contribution in [1.29, 1.82) is 0 Å². The van der Waals surface area contributed by atoms with E-state index >= 15 is 0 Å². The fourth-order valence-corrected chi connectivity index (χ4v) is 2.83. The molecule has 1 saturated carbocycles. The summed E-state index contributed by atoms with van der Waals surface area (Å²) in [6.07, 6.45) is 2.49. The third-order valence-electron chi connectivity index (χ3n) is 3.23. The van der Waals surface area contributed by atoms with Crippen molar-refractivity contribution in [2.24, 2.45) is 0 Å². The van der Waals surface area contributed by atoms with Gasteiger partial charge in [0, 0.05) is 17.0 Å². The molecule has 0 unspecified atom stereocenters. The first-order valence-electron chi connectivity index (χ1n) is 6.20. The first-order valence-corrected chi connectivity index (χ1v) is 7.08. The van der Waals surface area contributed by atoms with Crippen molar-refractivity contribution in [3.8, 4) is 0 Å². The van der Waals surface area contributed by atoms with E-state index in [9.17, 15) is 4.79 Å². The van der Waals surface area contributed by atoms with E-state index in [0.29, 0.717) is 11.5 Å². The molecule has 1 aliphatic rings. The molecule has 0 atom stereocenters. The molecule has 2 N–H and O–H groups in total. The van der Waals surface area contributed by atoms with Gasteiger partial charge in [0.1, 0.15) is 0 Å². The van der Waals surface area contributed by atoms with Crippen molar-refractivity contribution in [3.63, 3.8) is 0 Å². The van der Waals surface area contributed by atoms with Gasteiger partial charge in [-0.15, -0.1) is 11.3 Å². The number of aromatic carboxylic acids is 1. The molecule has 19 heavy (non-hydrogen) atoms. The molecule has 0 saturated heterocycles. The van der Waals surface area contributed by atoms with Crippen LogP contribution >= 0.6 is 11.3 Å². The van der Waals surface area contributed by atoms with Crippen molar-refractivity contribution in [1.82, 2.24) is 4.98 Å². The minimum Gasteiger partial charge on any atom is -0.478 e. The molecule has 0 bridgehead atoms. The lowest BCUT2D eigenvalue weighted by atomic mass is 10.1. The van der Waals surface area contributed by atoms with E-state index in [0.717, 1.165) is 16.4 Å². The number of hydrogen-bond acceptors (Lipinski definition) is 4. The van der Waals surface area contributed by atoms with Gasteiger partial charge in [0.05, 0.1) is 11.3 Å². The number of thiazole rings is 1. The third kappa shape index (κ3) is 2.61. The Bertz CT molecular complexity index is 632. The van der Waals surface area contributed by atoms with E-state index in [4.69, 9.17) is 5.11 Å². The highest BCUT2D eigenvalue weighted by Gasteiger charge is 2.26. The highest BCUT2D eigenvalue weighted by atomic mass is 32.1. The summed E-state index contributed by atoms with van der Waals surface area (Å²) in [6.45, 7) is 1.80. The van der Waals surface area contributed by atoms with Gasteiger partial charge in [0.25, 0.3) is 0 Å². The van der Waals surface area contributed by atoms with E-state index in [-0.39, 0.29) is 0 Å². The monoisotopic (exact) mass is 274 g/mol. The van der Waals surface area contributed by atoms with Crippen molar-refractivity contribution in [3.05, 3.63) is 40.4 Å². The molecular formula is C14H14N2O2S. The first-order chi connectivity index (χ1) is 9.13. The lowest BCUT2D eigenvalue weighted by molar-refractivity contribution is 0.0696. The topological polar surface area (TPSA) is 62.2 Å². The van der Waals surface area contributed by atoms with Gasteiger partial charge in [-0.1, -0.05) is 0 Å². The maximum atomic E-state index is 10.9. The number of nitrogens with one attached hydrogen (secondary N) is 1. The van der Waals surface area contributed by atoms with Gasteiger partial charge in [0.2, 0.25) is 0 Å². The van der Waals surface area contributed by atoms with Gasteiger partial charge in [0.15, 0.2) is 5.13 Å². The second-order valence-electron chi connectivity index (χ2n) is 4.81. The molecule has 1 heterocycles. The van der Waals surface area contributed by atoms with Crippen LogP contribution in [0.15, 0.2) is 23.6 Å². The zero-order chi connectivity index (χ0) is 13.4. The van der Waals surface area contributed by atoms with E-state index in [1.54, 1.807) is 30.4 Å². The Balaban J connectivity index is 1.78. The number of hydrogen-bond donors (Lipinski definition) is 2. The van der Waals surface area contributed by atoms with Gasteiger partial charge < -0.3 is 10.4 Å². The quantitative estimate of drug-likeness (QED) is 0.890. The fraction of sp³-hybridized carbons (Fsp3) is 0.286. The lowest BCUT2D eigenvalue weighted by Crippen LogP contribution is -2.00. The number of carboxylic acid groups (broad SMARTS) is 1. The summed E-state index contributed by atoms with van der Waals surface area (Å²) >= 11 is 1.59. The van der Waals surface area contributed by atoms with E-state index < -0.39 is 5.97 Å². The summed E-state index contributed by atoms with van der Waals surface area (Å²) in [5, 5.41) is 15.2. The summed E-state index contributed by atoms with van der Waals surface area (Å²) < 4.78 is 0. The van der Waals surface area contributed by atoms with Crippen LogP contribution in [0.5, 0.6) is 0 Å². The number of benzene rings is 1. The number of nitrogens with zero attached hydrogens (tertiary/aromatic N) is 1. The number of aromatic nitrogens is 1. The maximum absolute atomic E-state index is 10.9. The van der Waals surface area contributed by atoms with Crippen molar-refractivity contribution in [2.75, 3.05) is 5.32 Å². The van der Waals surface area contributed by atoms with E-state index in [1.807, 2.05) is 6.07 Å². The van der Waals surface area contributed by atoms with Gasteiger partial charge in [-0.3, -0.25) is 0 Å². The average Bonchev–Trinajstić information content (AvgIpc) is 3.10. The van der Waals surface area contributed by atoms with Gasteiger partial charge in [-0.2, -0.15) is 0 Å². The standard InChI is InChI=1S/C14H14N2O2S/c1-8-6-10(4-5-11(8)13(17)18)15-14-16-12(7-19-14)9-2-3-9/h4-7,9H,2-3H2,1H3,(H,15,16)(H,17,18). The van der Waals surface area contributed by atoms with Crippen LogP contribution in [0.25, 0.3) is 0 Å². The molecule has 0 radical (unpaired) electrons. The van der Waals surface area contributed by atoms with Crippen molar-refractivity contribution >= 4 is 28.1 Å². The molecule has 3 rings (SSSR count). The van der Waals surface area contributed by atoms with Crippen LogP contribution in [0.1, 0.15) is 40.4 Å². The largest absolute Gasteiger partial charge is 0.478 e. The highest BCUT2D eigenvalue weighted by Crippen LogP contribution is 2.41. The Hall–Kier alpha value is -1.88. The van der Waals surface area contributed by atoms with E-state index in [2.05, 4.69) is 15.7 Å². The second-order valence-corrected chi connectivity index (χ2v) is 5.67. The molecule has 0 spiro atoms. The molecule has 1 aliphatic carbocycles. The van der Waals surface area contributed by atoms with Gasteiger partial charge >= 0.3 is 5.97 Å². The van der Waals surface area contributed by atoms with Gasteiger partial charge in [-0.05, 0) is 43.5 Å². The molecule has 5 heteroatoms. The Morgan fingerprint density at radius 1 is 1.47 bits per heavy atom. The van der Waals surface area contributed by atoms with Crippen LogP contribution in [0.3, 0.4) is 0 Å². The highest BCUT2D eigenvalue weighted by molar-refractivity contribution is 7.13. The summed E-state index contributed by atoms with van der Waals surface area (Å²) in [5.41, 5.74) is 3.13. The number of rotatable bonds is 4. The maximum Gasteiger partial charge on any atom is 0.335 e. The summed E-state index contributed by atoms with van der Waals surface area (Å²) in [7, 11) is 0. The zero-order valence-electron chi connectivity index (χ0n) is 10.5. The molecule has 1 fully saturated rings. The van der Waals surface area contributed by atoms with Crippen LogP contribution in [0, 0.1) is 6.92 Å². The molecular weight excluding hydrogens is 260 g/mol. The fourth-order valence-electron chi connectivity index (χ4n) is 2.02. The minimum atomic E-state index is -0.894. The molecule has 1 aromatic carbocycles. The van der Waals surface area contributed by atoms with Crippen LogP contribution in [-0.4, -0.2) is 16.1 Å². The van der Waals surface area contributed by atoms with Crippen molar-refractivity contribution in [2.45, 2.75) is 25.7 Å². The Kier molecular flexibility index (Phi) is 2.98. The molecule has 4 nitrogen and oxygen atoms in total. The number of aryl methyl sites for hydroxylation is 1. The Labute approximate surface area is 115 Å². The van der Waals surface area contributed by atoms with Gasteiger partial charge in [-0.25, -0.2) is 9.78 Å². The number of carbonyl (C=O) groups is 1. The summed E-state index contributed by atoms with van der Waals surface area (Å²) in [5.74, 6) is -0.239. The molecule has 2 aromatic rings. The Morgan fingerprint density at radius 3 is 2.89 bits per heavy atom. The summed E-state index contributed by atoms with van der Waals surface area (Å²) in [6, 6.07) is 5.23. The predicted octanol–water partition coefficient (Wildman–Crippen LogP) is 3.77. The molecule has 1 aromatic heterocycles. The number of anilines is 2. The molecule has 0 aliphatic heterocycles. The second kappa shape index (κ2) is 4.66. The predicted molar refractivity (Wildman–Crippen MR) is 75.5 cm³/mol.